The van der Waals surface area contributed by atoms with E-state index < -0.39 is 5.97 Å². The maximum Gasteiger partial charge on any atom is 1.00 e. The van der Waals surface area contributed by atoms with Crippen molar-refractivity contribution in [3.8, 4) is 0 Å². The fourth-order valence-corrected chi connectivity index (χ4v) is 2.54. The van der Waals surface area contributed by atoms with E-state index in [1.54, 1.807) is 12.1 Å². The first-order chi connectivity index (χ1) is 10.1. The molecule has 2 aromatic rings. The van der Waals surface area contributed by atoms with Crippen LogP contribution in [-0.4, -0.2) is 18.2 Å². The van der Waals surface area contributed by atoms with Crippen molar-refractivity contribution in [2.75, 3.05) is 11.6 Å². The molecule has 0 atom stereocenters. The summed E-state index contributed by atoms with van der Waals surface area (Å²) in [6, 6.07) is 14.1. The molecule has 0 spiro atoms. The van der Waals surface area contributed by atoms with Crippen LogP contribution in [0.5, 0.6) is 0 Å². The number of hydrogen-bond donors (Lipinski definition) is 0. The van der Waals surface area contributed by atoms with Gasteiger partial charge in [0.2, 0.25) is 0 Å². The average molecular weight is 323 g/mol. The number of aromatic carboxylic acids is 1. The fraction of sp³-hybridized carbons (Fsp3) is 0.125. The van der Waals surface area contributed by atoms with Gasteiger partial charge in [-0.2, -0.15) is 5.10 Å². The van der Waals surface area contributed by atoms with Crippen LogP contribution in [0.15, 0.2) is 53.6 Å². The predicted octanol–water partition coefficient (Wildman–Crippen LogP) is -0.678. The fourth-order valence-electron chi connectivity index (χ4n) is 2.30. The zero-order valence-electron chi connectivity index (χ0n) is 12.1. The molecule has 6 heteroatoms. The number of halogens is 1. The Labute approximate surface area is 155 Å². The molecule has 0 unspecified atom stereocenters. The van der Waals surface area contributed by atoms with E-state index in [0.717, 1.165) is 29.9 Å². The Bertz CT molecular complexity index is 716. The molecule has 4 nitrogen and oxygen atoms in total. The summed E-state index contributed by atoms with van der Waals surface area (Å²) in [5.74, 6) is -1.18. The van der Waals surface area contributed by atoms with Gasteiger partial charge in [-0.3, -0.25) is 5.01 Å². The summed E-state index contributed by atoms with van der Waals surface area (Å²) in [6.45, 7) is 0.741. The van der Waals surface area contributed by atoms with Crippen molar-refractivity contribution in [1.29, 1.82) is 0 Å². The van der Waals surface area contributed by atoms with Crippen LogP contribution in [0.25, 0.3) is 0 Å². The maximum absolute atomic E-state index is 10.7. The molecule has 106 valence electrons. The molecular weight excluding hydrogens is 311 g/mol. The summed E-state index contributed by atoms with van der Waals surface area (Å²) in [6.07, 6.45) is 0.798. The SMILES string of the molecule is O=C([O-])c1ccc(N2CCC(c3ccccc3Cl)=N2)cc1.[Na+]. The second kappa shape index (κ2) is 7.29. The van der Waals surface area contributed by atoms with Crippen LogP contribution < -0.4 is 39.7 Å². The maximum atomic E-state index is 10.7. The summed E-state index contributed by atoms with van der Waals surface area (Å²) in [5, 5.41) is 17.8. The first-order valence-corrected chi connectivity index (χ1v) is 6.94. The van der Waals surface area contributed by atoms with Gasteiger partial charge in [0.05, 0.1) is 17.4 Å². The summed E-state index contributed by atoms with van der Waals surface area (Å²) in [7, 11) is 0. The minimum atomic E-state index is -1.18. The molecule has 0 saturated heterocycles. The molecule has 22 heavy (non-hydrogen) atoms. The molecule has 0 amide bonds. The van der Waals surface area contributed by atoms with E-state index in [1.165, 1.54) is 12.1 Å². The molecule has 1 aliphatic heterocycles. The smallest absolute Gasteiger partial charge is 0.545 e. The molecule has 0 saturated carbocycles. The van der Waals surface area contributed by atoms with Gasteiger partial charge in [-0.05, 0) is 23.8 Å². The molecule has 0 N–H and O–H groups in total. The van der Waals surface area contributed by atoms with Gasteiger partial charge in [0.25, 0.3) is 0 Å². The van der Waals surface area contributed by atoms with E-state index in [4.69, 9.17) is 11.6 Å². The Kier molecular flexibility index (Phi) is 5.64. The molecule has 3 rings (SSSR count). The molecule has 0 radical (unpaired) electrons. The normalized spacial score (nSPS) is 13.5. The number of carbonyl (C=O) groups excluding carboxylic acids is 1. The Morgan fingerprint density at radius 1 is 1.14 bits per heavy atom. The zero-order valence-corrected chi connectivity index (χ0v) is 14.9. The first-order valence-electron chi connectivity index (χ1n) is 6.56. The molecule has 1 heterocycles. The van der Waals surface area contributed by atoms with Gasteiger partial charge < -0.3 is 9.90 Å². The molecule has 1 aliphatic rings. The van der Waals surface area contributed by atoms with Gasteiger partial charge in [-0.25, -0.2) is 0 Å². The average Bonchev–Trinajstić information content (AvgIpc) is 2.97. The second-order valence-electron chi connectivity index (χ2n) is 4.73. The van der Waals surface area contributed by atoms with Gasteiger partial charge in [0, 0.05) is 23.6 Å². The van der Waals surface area contributed by atoms with Crippen LogP contribution in [0.2, 0.25) is 5.02 Å². The van der Waals surface area contributed by atoms with Gasteiger partial charge in [-0.1, -0.05) is 41.9 Å². The number of hydrogen-bond acceptors (Lipinski definition) is 4. The number of rotatable bonds is 3. The second-order valence-corrected chi connectivity index (χ2v) is 5.14. The van der Waals surface area contributed by atoms with Crippen LogP contribution in [0.3, 0.4) is 0 Å². The Hall–Kier alpha value is -1.33. The Balaban J connectivity index is 0.00000176. The van der Waals surface area contributed by atoms with Gasteiger partial charge >= 0.3 is 29.6 Å². The summed E-state index contributed by atoms with van der Waals surface area (Å²) < 4.78 is 0. The number of carboxylic acids is 1. The standard InChI is InChI=1S/C16H13ClN2O2.Na/c17-14-4-2-1-3-13(14)15-9-10-19(18-15)12-7-5-11(6-8-12)16(20)21;/h1-8H,9-10H2,(H,20,21);/q;+1/p-1. The van der Waals surface area contributed by atoms with E-state index in [2.05, 4.69) is 5.10 Å². The Morgan fingerprint density at radius 3 is 2.45 bits per heavy atom. The first kappa shape index (κ1) is 17.0. The summed E-state index contributed by atoms with van der Waals surface area (Å²) in [4.78, 5) is 10.7. The van der Waals surface area contributed by atoms with Crippen molar-refractivity contribution in [2.45, 2.75) is 6.42 Å². The van der Waals surface area contributed by atoms with E-state index in [-0.39, 0.29) is 35.1 Å². The number of carbonyl (C=O) groups is 1. The molecule has 0 aromatic heterocycles. The van der Waals surface area contributed by atoms with Crippen LogP contribution in [0.1, 0.15) is 22.3 Å². The number of carboxylic acid groups (broad SMARTS) is 1. The van der Waals surface area contributed by atoms with Crippen LogP contribution >= 0.6 is 11.6 Å². The minimum Gasteiger partial charge on any atom is -0.545 e. The van der Waals surface area contributed by atoms with Gasteiger partial charge in [0.1, 0.15) is 0 Å². The van der Waals surface area contributed by atoms with Gasteiger partial charge in [-0.15, -0.1) is 0 Å². The summed E-state index contributed by atoms with van der Waals surface area (Å²) >= 11 is 6.18. The predicted molar refractivity (Wildman–Crippen MR) is 80.7 cm³/mol. The van der Waals surface area contributed by atoms with Crippen molar-refractivity contribution in [1.82, 2.24) is 0 Å². The number of anilines is 1. The Morgan fingerprint density at radius 2 is 1.82 bits per heavy atom. The van der Waals surface area contributed by atoms with E-state index in [9.17, 15) is 9.90 Å². The van der Waals surface area contributed by atoms with Crippen LogP contribution in [-0.2, 0) is 0 Å². The third-order valence-corrected chi connectivity index (χ3v) is 3.72. The monoisotopic (exact) mass is 322 g/mol. The van der Waals surface area contributed by atoms with E-state index in [0.29, 0.717) is 5.02 Å². The molecule has 0 bridgehead atoms. The zero-order chi connectivity index (χ0) is 14.8. The third kappa shape index (κ3) is 3.52. The number of hydrazone groups is 1. The van der Waals surface area contributed by atoms with Gasteiger partial charge in [0.15, 0.2) is 0 Å². The summed E-state index contributed by atoms with van der Waals surface area (Å²) in [5.41, 5.74) is 2.88. The van der Waals surface area contributed by atoms with Crippen LogP contribution in [0, 0.1) is 0 Å². The topological polar surface area (TPSA) is 55.7 Å². The largest absolute Gasteiger partial charge is 1.00 e. The van der Waals surface area contributed by atoms with Crippen molar-refractivity contribution in [3.63, 3.8) is 0 Å². The van der Waals surface area contributed by atoms with Crippen molar-refractivity contribution < 1.29 is 39.5 Å². The quantitative estimate of drug-likeness (QED) is 0.704. The van der Waals surface area contributed by atoms with Crippen LogP contribution in [0.4, 0.5) is 5.69 Å². The molecule has 2 aromatic carbocycles. The number of benzene rings is 2. The van der Waals surface area contributed by atoms with Crippen molar-refractivity contribution >= 4 is 29.0 Å². The van der Waals surface area contributed by atoms with E-state index in [1.807, 2.05) is 29.3 Å². The van der Waals surface area contributed by atoms with Crippen molar-refractivity contribution in [2.24, 2.45) is 5.10 Å². The molecule has 0 fully saturated rings. The molecule has 0 aliphatic carbocycles. The molecular formula is C16H12ClN2NaO2. The van der Waals surface area contributed by atoms with Crippen molar-refractivity contribution in [3.05, 3.63) is 64.7 Å². The number of nitrogens with zero attached hydrogens (tertiary/aromatic N) is 2. The van der Waals surface area contributed by atoms with E-state index >= 15 is 0 Å². The minimum absolute atomic E-state index is 0. The third-order valence-electron chi connectivity index (χ3n) is 3.39.